The molecule has 118 valence electrons. The first-order chi connectivity index (χ1) is 10.7. The predicted molar refractivity (Wildman–Crippen MR) is 84.5 cm³/mol. The Morgan fingerprint density at radius 3 is 2.59 bits per heavy atom. The van der Waals surface area contributed by atoms with E-state index in [0.29, 0.717) is 29.6 Å². The Balaban J connectivity index is 2.21. The number of nitrogens with two attached hydrogens (primary N) is 1. The van der Waals surface area contributed by atoms with Crippen molar-refractivity contribution in [3.8, 4) is 17.4 Å². The number of nitrogens with one attached hydrogen (secondary N) is 1. The van der Waals surface area contributed by atoms with Crippen molar-refractivity contribution in [1.82, 2.24) is 9.97 Å². The summed E-state index contributed by atoms with van der Waals surface area (Å²) < 4.78 is 16.1. The van der Waals surface area contributed by atoms with Gasteiger partial charge in [0, 0.05) is 13.2 Å². The third kappa shape index (κ3) is 3.76. The topological polar surface area (TPSA) is 91.5 Å². The minimum atomic E-state index is 0.0568. The van der Waals surface area contributed by atoms with Crippen molar-refractivity contribution >= 4 is 11.5 Å². The molecule has 0 aliphatic heterocycles. The Kier molecular flexibility index (Phi) is 5.37. The number of rotatable bonds is 7. The maximum absolute atomic E-state index is 6.07. The highest BCUT2D eigenvalue weighted by Gasteiger charge is 2.14. The van der Waals surface area contributed by atoms with Crippen molar-refractivity contribution in [2.45, 2.75) is 13.0 Å². The number of methoxy groups -OCH3 is 2. The molecule has 1 heterocycles. The van der Waals surface area contributed by atoms with E-state index in [1.54, 1.807) is 26.4 Å². The monoisotopic (exact) mass is 304 g/mol. The number of anilines is 2. The largest absolute Gasteiger partial charge is 0.493 e. The number of ether oxygens (including phenoxy) is 3. The average molecular weight is 304 g/mol. The molecule has 1 unspecified atom stereocenters. The zero-order valence-electron chi connectivity index (χ0n) is 12.9. The first kappa shape index (κ1) is 15.8. The summed E-state index contributed by atoms with van der Waals surface area (Å²) in [6, 6.07) is 7.33. The predicted octanol–water partition coefficient (Wildman–Crippen LogP) is 2.31. The van der Waals surface area contributed by atoms with Gasteiger partial charge in [-0.25, -0.2) is 4.98 Å². The SMILES string of the molecule is COCC(C)Nc1ncnc(Oc2ccccc2OC)c1N. The van der Waals surface area contributed by atoms with Gasteiger partial charge in [0.15, 0.2) is 17.3 Å². The Morgan fingerprint density at radius 1 is 1.18 bits per heavy atom. The molecular weight excluding hydrogens is 284 g/mol. The fraction of sp³-hybridized carbons (Fsp3) is 0.333. The van der Waals surface area contributed by atoms with Crippen LogP contribution in [0.25, 0.3) is 0 Å². The quantitative estimate of drug-likeness (QED) is 0.811. The van der Waals surface area contributed by atoms with Crippen molar-refractivity contribution < 1.29 is 14.2 Å². The van der Waals surface area contributed by atoms with Crippen LogP contribution in [0.2, 0.25) is 0 Å². The lowest BCUT2D eigenvalue weighted by Gasteiger charge is -2.16. The molecule has 1 aromatic carbocycles. The minimum absolute atomic E-state index is 0.0568. The van der Waals surface area contributed by atoms with Gasteiger partial charge in [0.05, 0.1) is 13.7 Å². The van der Waals surface area contributed by atoms with Crippen LogP contribution in [-0.4, -0.2) is 36.8 Å². The van der Waals surface area contributed by atoms with E-state index in [9.17, 15) is 0 Å². The van der Waals surface area contributed by atoms with Crippen LogP contribution >= 0.6 is 0 Å². The molecule has 2 aromatic rings. The number of para-hydroxylation sites is 2. The van der Waals surface area contributed by atoms with Gasteiger partial charge in [-0.15, -0.1) is 0 Å². The maximum atomic E-state index is 6.07. The molecule has 0 spiro atoms. The molecule has 0 amide bonds. The van der Waals surface area contributed by atoms with Gasteiger partial charge in [-0.05, 0) is 19.1 Å². The molecule has 2 rings (SSSR count). The van der Waals surface area contributed by atoms with Gasteiger partial charge in [-0.2, -0.15) is 4.98 Å². The van der Waals surface area contributed by atoms with E-state index in [2.05, 4.69) is 15.3 Å². The van der Waals surface area contributed by atoms with Gasteiger partial charge in [-0.1, -0.05) is 12.1 Å². The first-order valence-electron chi connectivity index (χ1n) is 6.82. The maximum Gasteiger partial charge on any atom is 0.248 e. The minimum Gasteiger partial charge on any atom is -0.493 e. The molecule has 3 N–H and O–H groups in total. The molecule has 0 saturated carbocycles. The summed E-state index contributed by atoms with van der Waals surface area (Å²) >= 11 is 0. The smallest absolute Gasteiger partial charge is 0.248 e. The number of aromatic nitrogens is 2. The van der Waals surface area contributed by atoms with Crippen LogP contribution in [0, 0.1) is 0 Å². The van der Waals surface area contributed by atoms with Crippen molar-refractivity contribution in [1.29, 1.82) is 0 Å². The molecule has 0 aliphatic rings. The van der Waals surface area contributed by atoms with E-state index in [4.69, 9.17) is 19.9 Å². The molecule has 0 saturated heterocycles. The lowest BCUT2D eigenvalue weighted by molar-refractivity contribution is 0.190. The van der Waals surface area contributed by atoms with Crippen LogP contribution in [-0.2, 0) is 4.74 Å². The van der Waals surface area contributed by atoms with Gasteiger partial charge < -0.3 is 25.3 Å². The molecule has 7 nitrogen and oxygen atoms in total. The normalized spacial score (nSPS) is 11.8. The third-order valence-corrected chi connectivity index (χ3v) is 2.92. The van der Waals surface area contributed by atoms with Crippen LogP contribution in [0.3, 0.4) is 0 Å². The second-order valence-electron chi connectivity index (χ2n) is 4.69. The fourth-order valence-corrected chi connectivity index (χ4v) is 1.91. The van der Waals surface area contributed by atoms with E-state index < -0.39 is 0 Å². The van der Waals surface area contributed by atoms with Crippen molar-refractivity contribution in [3.05, 3.63) is 30.6 Å². The van der Waals surface area contributed by atoms with E-state index in [-0.39, 0.29) is 11.9 Å². The molecule has 0 aliphatic carbocycles. The zero-order chi connectivity index (χ0) is 15.9. The van der Waals surface area contributed by atoms with Crippen LogP contribution in [0.1, 0.15) is 6.92 Å². The van der Waals surface area contributed by atoms with Crippen LogP contribution in [0.4, 0.5) is 11.5 Å². The number of hydrogen-bond donors (Lipinski definition) is 2. The van der Waals surface area contributed by atoms with E-state index in [1.807, 2.05) is 19.1 Å². The molecule has 0 radical (unpaired) electrons. The van der Waals surface area contributed by atoms with Crippen molar-refractivity contribution in [3.63, 3.8) is 0 Å². The van der Waals surface area contributed by atoms with Crippen LogP contribution in [0.15, 0.2) is 30.6 Å². The third-order valence-electron chi connectivity index (χ3n) is 2.92. The Bertz CT molecular complexity index is 621. The molecule has 0 fully saturated rings. The van der Waals surface area contributed by atoms with E-state index >= 15 is 0 Å². The second-order valence-corrected chi connectivity index (χ2v) is 4.69. The molecule has 0 bridgehead atoms. The highest BCUT2D eigenvalue weighted by molar-refractivity contribution is 5.67. The van der Waals surface area contributed by atoms with Gasteiger partial charge >= 0.3 is 0 Å². The Hall–Kier alpha value is -2.54. The molecule has 22 heavy (non-hydrogen) atoms. The number of benzene rings is 1. The van der Waals surface area contributed by atoms with Crippen LogP contribution < -0.4 is 20.5 Å². The lowest BCUT2D eigenvalue weighted by atomic mass is 10.3. The van der Waals surface area contributed by atoms with Crippen LogP contribution in [0.5, 0.6) is 17.4 Å². The molecule has 1 aromatic heterocycles. The zero-order valence-corrected chi connectivity index (χ0v) is 12.9. The summed E-state index contributed by atoms with van der Waals surface area (Å²) in [6.45, 7) is 2.50. The van der Waals surface area contributed by atoms with Gasteiger partial charge in [0.1, 0.15) is 12.0 Å². The summed E-state index contributed by atoms with van der Waals surface area (Å²) in [5, 5.41) is 3.15. The summed E-state index contributed by atoms with van der Waals surface area (Å²) in [4.78, 5) is 8.21. The van der Waals surface area contributed by atoms with Gasteiger partial charge in [0.2, 0.25) is 5.88 Å². The lowest BCUT2D eigenvalue weighted by Crippen LogP contribution is -2.22. The standard InChI is InChI=1S/C15H20N4O3/c1-10(8-20-2)19-14-13(16)15(18-9-17-14)22-12-7-5-4-6-11(12)21-3/h4-7,9-10H,8,16H2,1-3H3,(H,17,18,19). The van der Waals surface area contributed by atoms with Crippen molar-refractivity contribution in [2.24, 2.45) is 0 Å². The summed E-state index contributed by atoms with van der Waals surface area (Å²) in [5.74, 6) is 1.91. The van der Waals surface area contributed by atoms with Crippen molar-refractivity contribution in [2.75, 3.05) is 31.9 Å². The number of hydrogen-bond acceptors (Lipinski definition) is 7. The summed E-state index contributed by atoms with van der Waals surface area (Å²) in [5.41, 5.74) is 6.40. The first-order valence-corrected chi connectivity index (χ1v) is 6.82. The summed E-state index contributed by atoms with van der Waals surface area (Å²) in [7, 11) is 3.21. The average Bonchev–Trinajstić information content (AvgIpc) is 2.52. The molecule has 7 heteroatoms. The number of nitrogen functional groups attached to an aromatic ring is 1. The molecular formula is C15H20N4O3. The highest BCUT2D eigenvalue weighted by atomic mass is 16.5. The fourth-order valence-electron chi connectivity index (χ4n) is 1.91. The molecule has 1 atom stereocenters. The Labute approximate surface area is 129 Å². The number of nitrogens with zero attached hydrogens (tertiary/aromatic N) is 2. The Morgan fingerprint density at radius 2 is 1.91 bits per heavy atom. The highest BCUT2D eigenvalue weighted by Crippen LogP contribution is 2.34. The van der Waals surface area contributed by atoms with E-state index in [1.165, 1.54) is 6.33 Å². The van der Waals surface area contributed by atoms with Gasteiger partial charge in [-0.3, -0.25) is 0 Å². The summed E-state index contributed by atoms with van der Waals surface area (Å²) in [6.07, 6.45) is 1.39. The second kappa shape index (κ2) is 7.46. The van der Waals surface area contributed by atoms with Gasteiger partial charge in [0.25, 0.3) is 0 Å². The van der Waals surface area contributed by atoms with E-state index in [0.717, 1.165) is 0 Å².